The average Bonchev–Trinajstić information content (AvgIpc) is 2.81. The van der Waals surface area contributed by atoms with Gasteiger partial charge < -0.3 is 10.4 Å². The third kappa shape index (κ3) is 3.05. The van der Waals surface area contributed by atoms with Crippen LogP contribution in [0.1, 0.15) is 15.2 Å². The molecule has 0 aliphatic heterocycles. The zero-order valence-corrected chi connectivity index (χ0v) is 10.2. The lowest BCUT2D eigenvalue weighted by atomic mass is 10.2. The standard InChI is InChI=1S/C12H8F3NO2S/c13-7-2-9(14)11(15)10(3-7)16-4-8-1-6(5-19-8)12(17)18/h1-3,5,16H,4H2,(H,17,18). The fraction of sp³-hybridized carbons (Fsp3) is 0.0833. The van der Waals surface area contributed by atoms with E-state index in [9.17, 15) is 18.0 Å². The highest BCUT2D eigenvalue weighted by molar-refractivity contribution is 7.10. The Balaban J connectivity index is 2.12. The number of halogens is 3. The first-order valence-electron chi connectivity index (χ1n) is 5.16. The minimum absolute atomic E-state index is 0.0811. The maximum atomic E-state index is 13.3. The van der Waals surface area contributed by atoms with E-state index in [2.05, 4.69) is 5.32 Å². The van der Waals surface area contributed by atoms with Gasteiger partial charge in [-0.15, -0.1) is 11.3 Å². The van der Waals surface area contributed by atoms with Crippen molar-refractivity contribution in [1.82, 2.24) is 0 Å². The van der Waals surface area contributed by atoms with Crippen molar-refractivity contribution < 1.29 is 23.1 Å². The van der Waals surface area contributed by atoms with Gasteiger partial charge in [0.1, 0.15) is 5.82 Å². The molecule has 0 saturated carbocycles. The second-order valence-electron chi connectivity index (χ2n) is 3.71. The topological polar surface area (TPSA) is 49.3 Å². The predicted molar refractivity (Wildman–Crippen MR) is 64.9 cm³/mol. The van der Waals surface area contributed by atoms with Crippen LogP contribution in [-0.4, -0.2) is 11.1 Å². The summed E-state index contributed by atoms with van der Waals surface area (Å²) in [6, 6.07) is 2.70. The lowest BCUT2D eigenvalue weighted by Gasteiger charge is -2.06. The van der Waals surface area contributed by atoms with E-state index in [0.29, 0.717) is 10.9 Å². The van der Waals surface area contributed by atoms with Crippen LogP contribution in [0.4, 0.5) is 18.9 Å². The summed E-state index contributed by atoms with van der Waals surface area (Å²) >= 11 is 1.16. The molecule has 2 rings (SSSR count). The molecular weight excluding hydrogens is 279 g/mol. The van der Waals surface area contributed by atoms with E-state index in [-0.39, 0.29) is 17.8 Å². The van der Waals surface area contributed by atoms with Crippen molar-refractivity contribution in [2.75, 3.05) is 5.32 Å². The number of rotatable bonds is 4. The quantitative estimate of drug-likeness (QED) is 0.846. The first-order valence-corrected chi connectivity index (χ1v) is 6.04. The van der Waals surface area contributed by atoms with Gasteiger partial charge in [-0.3, -0.25) is 0 Å². The summed E-state index contributed by atoms with van der Waals surface area (Å²) in [4.78, 5) is 11.3. The van der Waals surface area contributed by atoms with Crippen LogP contribution in [-0.2, 0) is 6.54 Å². The van der Waals surface area contributed by atoms with E-state index in [1.165, 1.54) is 11.4 Å². The van der Waals surface area contributed by atoms with Gasteiger partial charge in [0.25, 0.3) is 0 Å². The van der Waals surface area contributed by atoms with Crippen LogP contribution in [0, 0.1) is 17.5 Å². The second-order valence-corrected chi connectivity index (χ2v) is 4.71. The van der Waals surface area contributed by atoms with Gasteiger partial charge in [-0.1, -0.05) is 0 Å². The SMILES string of the molecule is O=C(O)c1csc(CNc2cc(F)cc(F)c2F)c1. The molecular formula is C12H8F3NO2S. The Hall–Kier alpha value is -2.02. The van der Waals surface area contributed by atoms with Crippen molar-refractivity contribution >= 4 is 23.0 Å². The highest BCUT2D eigenvalue weighted by atomic mass is 32.1. The first-order chi connectivity index (χ1) is 8.97. The lowest BCUT2D eigenvalue weighted by Crippen LogP contribution is -2.02. The summed E-state index contributed by atoms with van der Waals surface area (Å²) in [5, 5.41) is 12.7. The van der Waals surface area contributed by atoms with Gasteiger partial charge in [-0.2, -0.15) is 0 Å². The molecule has 0 amide bonds. The van der Waals surface area contributed by atoms with Crippen molar-refractivity contribution in [3.8, 4) is 0 Å². The van der Waals surface area contributed by atoms with Crippen LogP contribution in [0.5, 0.6) is 0 Å². The molecule has 0 aliphatic rings. The number of hydrogen-bond donors (Lipinski definition) is 2. The average molecular weight is 287 g/mol. The summed E-state index contributed by atoms with van der Waals surface area (Å²) in [6.07, 6.45) is 0. The van der Waals surface area contributed by atoms with Gasteiger partial charge in [-0.05, 0) is 6.07 Å². The van der Waals surface area contributed by atoms with E-state index in [0.717, 1.165) is 17.4 Å². The van der Waals surface area contributed by atoms with Crippen molar-refractivity contribution in [3.05, 3.63) is 51.5 Å². The van der Waals surface area contributed by atoms with Crippen LogP contribution in [0.15, 0.2) is 23.6 Å². The Morgan fingerprint density at radius 3 is 2.63 bits per heavy atom. The predicted octanol–water partition coefficient (Wildman–Crippen LogP) is 3.48. The van der Waals surface area contributed by atoms with Crippen LogP contribution < -0.4 is 5.32 Å². The van der Waals surface area contributed by atoms with Gasteiger partial charge >= 0.3 is 5.97 Å². The van der Waals surface area contributed by atoms with Crippen LogP contribution in [0.3, 0.4) is 0 Å². The van der Waals surface area contributed by atoms with E-state index >= 15 is 0 Å². The highest BCUT2D eigenvalue weighted by Gasteiger charge is 2.12. The Kier molecular flexibility index (Phi) is 3.75. The third-order valence-corrected chi connectivity index (χ3v) is 3.28. The van der Waals surface area contributed by atoms with Crippen molar-refractivity contribution in [3.63, 3.8) is 0 Å². The normalized spacial score (nSPS) is 10.5. The molecule has 1 aromatic carbocycles. The molecule has 0 spiro atoms. The van der Waals surface area contributed by atoms with Gasteiger partial charge in [-0.25, -0.2) is 18.0 Å². The number of carbonyl (C=O) groups is 1. The minimum Gasteiger partial charge on any atom is -0.478 e. The molecule has 0 saturated heterocycles. The molecule has 19 heavy (non-hydrogen) atoms. The Labute approximate surface area is 110 Å². The number of aromatic carboxylic acids is 1. The Bertz CT molecular complexity index is 627. The summed E-state index contributed by atoms with van der Waals surface area (Å²) in [6.45, 7) is 0.0811. The molecule has 0 atom stereocenters. The second kappa shape index (κ2) is 5.31. The van der Waals surface area contributed by atoms with Gasteiger partial charge in [0.05, 0.1) is 11.3 Å². The molecule has 2 N–H and O–H groups in total. The largest absolute Gasteiger partial charge is 0.478 e. The Morgan fingerprint density at radius 1 is 1.26 bits per heavy atom. The van der Waals surface area contributed by atoms with Crippen LogP contribution in [0.2, 0.25) is 0 Å². The molecule has 0 radical (unpaired) electrons. The molecule has 1 heterocycles. The summed E-state index contributed by atoms with van der Waals surface area (Å²) < 4.78 is 39.2. The molecule has 3 nitrogen and oxygen atoms in total. The lowest BCUT2D eigenvalue weighted by molar-refractivity contribution is 0.0697. The third-order valence-electron chi connectivity index (χ3n) is 2.35. The number of carboxylic acid groups (broad SMARTS) is 1. The number of hydrogen-bond acceptors (Lipinski definition) is 3. The van der Waals surface area contributed by atoms with E-state index in [4.69, 9.17) is 5.11 Å². The fourth-order valence-electron chi connectivity index (χ4n) is 1.45. The zero-order chi connectivity index (χ0) is 14.0. The molecule has 0 bridgehead atoms. The minimum atomic E-state index is -1.28. The zero-order valence-electron chi connectivity index (χ0n) is 9.41. The van der Waals surface area contributed by atoms with E-state index in [1.807, 2.05) is 0 Å². The highest BCUT2D eigenvalue weighted by Crippen LogP contribution is 2.21. The summed E-state index contributed by atoms with van der Waals surface area (Å²) in [5.41, 5.74) is -0.185. The molecule has 0 fully saturated rings. The number of anilines is 1. The van der Waals surface area contributed by atoms with Gasteiger partial charge in [0.2, 0.25) is 0 Å². The molecule has 7 heteroatoms. The monoisotopic (exact) mass is 287 g/mol. The molecule has 100 valence electrons. The Morgan fingerprint density at radius 2 is 2.00 bits per heavy atom. The van der Waals surface area contributed by atoms with Gasteiger partial charge in [0, 0.05) is 28.9 Å². The summed E-state index contributed by atoms with van der Waals surface area (Å²) in [7, 11) is 0. The molecule has 0 aliphatic carbocycles. The summed E-state index contributed by atoms with van der Waals surface area (Å²) in [5.74, 6) is -4.40. The van der Waals surface area contributed by atoms with Gasteiger partial charge in [0.15, 0.2) is 11.6 Å². The first kappa shape index (κ1) is 13.4. The van der Waals surface area contributed by atoms with E-state index < -0.39 is 23.4 Å². The van der Waals surface area contributed by atoms with Crippen LogP contribution in [0.25, 0.3) is 0 Å². The maximum absolute atomic E-state index is 13.3. The number of carboxylic acids is 1. The molecule has 2 aromatic rings. The van der Waals surface area contributed by atoms with Crippen molar-refractivity contribution in [1.29, 1.82) is 0 Å². The number of nitrogens with one attached hydrogen (secondary N) is 1. The maximum Gasteiger partial charge on any atom is 0.336 e. The fourth-order valence-corrected chi connectivity index (χ4v) is 2.25. The smallest absolute Gasteiger partial charge is 0.336 e. The molecule has 0 unspecified atom stereocenters. The number of benzene rings is 1. The van der Waals surface area contributed by atoms with Crippen molar-refractivity contribution in [2.45, 2.75) is 6.54 Å². The van der Waals surface area contributed by atoms with Crippen LogP contribution >= 0.6 is 11.3 Å². The molecule has 1 aromatic heterocycles. The van der Waals surface area contributed by atoms with E-state index in [1.54, 1.807) is 0 Å². The number of thiophene rings is 1. The van der Waals surface area contributed by atoms with Crippen molar-refractivity contribution in [2.24, 2.45) is 0 Å².